The van der Waals surface area contributed by atoms with Gasteiger partial charge in [-0.3, -0.25) is 4.79 Å². The Hall–Kier alpha value is -2.42. The summed E-state index contributed by atoms with van der Waals surface area (Å²) in [4.78, 5) is 20.2. The van der Waals surface area contributed by atoms with Crippen LogP contribution in [-0.4, -0.2) is 63.0 Å². The zero-order valence-electron chi connectivity index (χ0n) is 12.5. The summed E-state index contributed by atoms with van der Waals surface area (Å²) < 4.78 is 0. The van der Waals surface area contributed by atoms with Gasteiger partial charge < -0.3 is 20.6 Å². The van der Waals surface area contributed by atoms with E-state index in [0.717, 1.165) is 18.8 Å². The number of piperazine rings is 1. The Morgan fingerprint density at radius 1 is 1.26 bits per heavy atom. The lowest BCUT2D eigenvalue weighted by Gasteiger charge is -2.36. The third-order valence-corrected chi connectivity index (χ3v) is 4.49. The summed E-state index contributed by atoms with van der Waals surface area (Å²) in [7, 11) is 0. The van der Waals surface area contributed by atoms with Gasteiger partial charge in [0.1, 0.15) is 5.75 Å². The van der Waals surface area contributed by atoms with Gasteiger partial charge in [-0.05, 0) is 24.3 Å². The van der Waals surface area contributed by atoms with Crippen molar-refractivity contribution in [2.75, 3.05) is 42.6 Å². The lowest BCUT2D eigenvalue weighted by atomic mass is 10.2. The van der Waals surface area contributed by atoms with Crippen LogP contribution in [0.5, 0.6) is 5.75 Å². The number of H-pyrrole nitrogens is 1. The number of phenols is 1. The molecule has 3 rings (SSSR count). The predicted molar refractivity (Wildman–Crippen MR) is 88.4 cm³/mol. The second kappa shape index (κ2) is 6.78. The number of carbonyl (C=O) groups is 1. The number of aromatic amines is 1. The zero-order chi connectivity index (χ0) is 16.2. The summed E-state index contributed by atoms with van der Waals surface area (Å²) in [5.74, 6) is 0.884. The summed E-state index contributed by atoms with van der Waals surface area (Å²) in [6.07, 6.45) is 0. The fourth-order valence-electron chi connectivity index (χ4n) is 2.42. The van der Waals surface area contributed by atoms with Gasteiger partial charge in [-0.25, -0.2) is 5.10 Å². The van der Waals surface area contributed by atoms with E-state index in [1.54, 1.807) is 12.1 Å². The van der Waals surface area contributed by atoms with Crippen molar-refractivity contribution in [3.8, 4) is 5.75 Å². The van der Waals surface area contributed by atoms with E-state index < -0.39 is 0 Å². The van der Waals surface area contributed by atoms with Crippen molar-refractivity contribution < 1.29 is 9.90 Å². The SMILES string of the molecule is Nc1nc(SCC(=O)N2CCN(c3ccc(O)cc3)CC2)n[nH]1. The number of nitrogen functional groups attached to an aromatic ring is 1. The molecule has 0 atom stereocenters. The number of benzene rings is 1. The number of nitrogens with zero attached hydrogens (tertiary/aromatic N) is 4. The molecule has 122 valence electrons. The monoisotopic (exact) mass is 334 g/mol. The Morgan fingerprint density at radius 2 is 1.96 bits per heavy atom. The molecule has 0 spiro atoms. The number of thioether (sulfide) groups is 1. The molecule has 8 nitrogen and oxygen atoms in total. The number of nitrogens with two attached hydrogens (primary N) is 1. The average Bonchev–Trinajstić information content (AvgIpc) is 2.99. The zero-order valence-corrected chi connectivity index (χ0v) is 13.3. The standard InChI is InChI=1S/C14H18N6O2S/c15-13-16-14(18-17-13)23-9-12(22)20-7-5-19(6-8-20)10-1-3-11(21)4-2-10/h1-4,21H,5-9H2,(H3,15,16,17,18). The lowest BCUT2D eigenvalue weighted by molar-refractivity contribution is -0.128. The molecule has 1 aromatic heterocycles. The molecule has 4 N–H and O–H groups in total. The first-order chi connectivity index (χ1) is 11.1. The van der Waals surface area contributed by atoms with Crippen LogP contribution >= 0.6 is 11.8 Å². The average molecular weight is 334 g/mol. The van der Waals surface area contributed by atoms with Crippen LogP contribution in [0.4, 0.5) is 11.6 Å². The molecule has 9 heteroatoms. The van der Waals surface area contributed by atoms with E-state index in [0.29, 0.717) is 24.0 Å². The molecule has 1 amide bonds. The summed E-state index contributed by atoms with van der Waals surface area (Å²) in [5, 5.41) is 16.3. The van der Waals surface area contributed by atoms with Crippen LogP contribution in [-0.2, 0) is 4.79 Å². The number of phenolic OH excluding ortho intramolecular Hbond substituents is 1. The number of aromatic nitrogens is 3. The molecule has 1 fully saturated rings. The molecule has 2 heterocycles. The highest BCUT2D eigenvalue weighted by Gasteiger charge is 2.21. The fourth-order valence-corrected chi connectivity index (χ4v) is 3.13. The first-order valence-electron chi connectivity index (χ1n) is 7.24. The molecule has 1 aromatic carbocycles. The van der Waals surface area contributed by atoms with Crippen LogP contribution in [0.15, 0.2) is 29.4 Å². The van der Waals surface area contributed by atoms with Crippen LogP contribution in [0.3, 0.4) is 0 Å². The number of anilines is 2. The van der Waals surface area contributed by atoms with Crippen molar-refractivity contribution >= 4 is 29.3 Å². The van der Waals surface area contributed by atoms with Crippen LogP contribution < -0.4 is 10.6 Å². The third kappa shape index (κ3) is 3.86. The highest BCUT2D eigenvalue weighted by Crippen LogP contribution is 2.20. The van der Waals surface area contributed by atoms with Crippen LogP contribution in [0.2, 0.25) is 0 Å². The van der Waals surface area contributed by atoms with Crippen LogP contribution in [0.25, 0.3) is 0 Å². The smallest absolute Gasteiger partial charge is 0.233 e. The number of hydrogen-bond donors (Lipinski definition) is 3. The first-order valence-corrected chi connectivity index (χ1v) is 8.23. The highest BCUT2D eigenvalue weighted by molar-refractivity contribution is 7.99. The van der Waals surface area contributed by atoms with Crippen molar-refractivity contribution in [3.63, 3.8) is 0 Å². The minimum atomic E-state index is 0.0729. The minimum absolute atomic E-state index is 0.0729. The van der Waals surface area contributed by atoms with Gasteiger partial charge in [-0.2, -0.15) is 4.98 Å². The van der Waals surface area contributed by atoms with Crippen molar-refractivity contribution in [2.45, 2.75) is 5.16 Å². The van der Waals surface area contributed by atoms with Gasteiger partial charge in [-0.15, -0.1) is 5.10 Å². The van der Waals surface area contributed by atoms with E-state index in [2.05, 4.69) is 20.1 Å². The van der Waals surface area contributed by atoms with Crippen LogP contribution in [0, 0.1) is 0 Å². The molecule has 1 saturated heterocycles. The van der Waals surface area contributed by atoms with Crippen molar-refractivity contribution in [1.29, 1.82) is 0 Å². The molecule has 1 aliphatic rings. The first kappa shape index (κ1) is 15.5. The Kier molecular flexibility index (Phi) is 4.56. The van der Waals surface area contributed by atoms with Crippen molar-refractivity contribution in [3.05, 3.63) is 24.3 Å². The topological polar surface area (TPSA) is 111 Å². The van der Waals surface area contributed by atoms with E-state index in [-0.39, 0.29) is 17.6 Å². The lowest BCUT2D eigenvalue weighted by Crippen LogP contribution is -2.49. The molecule has 0 radical (unpaired) electrons. The molecule has 23 heavy (non-hydrogen) atoms. The normalized spacial score (nSPS) is 15.0. The predicted octanol–water partition coefficient (Wildman–Crippen LogP) is 0.533. The molecule has 0 aliphatic carbocycles. The van der Waals surface area contributed by atoms with E-state index in [1.165, 1.54) is 11.8 Å². The molecule has 0 saturated carbocycles. The number of carbonyl (C=O) groups excluding carboxylic acids is 1. The Labute approximate surface area is 137 Å². The summed E-state index contributed by atoms with van der Waals surface area (Å²) >= 11 is 1.28. The Bertz CT molecular complexity index is 666. The maximum absolute atomic E-state index is 12.2. The van der Waals surface area contributed by atoms with Gasteiger partial charge in [-0.1, -0.05) is 11.8 Å². The van der Waals surface area contributed by atoms with Crippen molar-refractivity contribution in [1.82, 2.24) is 20.1 Å². The number of rotatable bonds is 4. The van der Waals surface area contributed by atoms with E-state index in [1.807, 2.05) is 17.0 Å². The minimum Gasteiger partial charge on any atom is -0.508 e. The van der Waals surface area contributed by atoms with Gasteiger partial charge in [0.25, 0.3) is 0 Å². The van der Waals surface area contributed by atoms with E-state index in [4.69, 9.17) is 5.73 Å². The summed E-state index contributed by atoms with van der Waals surface area (Å²) in [6, 6.07) is 7.12. The molecule has 1 aliphatic heterocycles. The van der Waals surface area contributed by atoms with E-state index >= 15 is 0 Å². The third-order valence-electron chi connectivity index (χ3n) is 3.65. The molecule has 0 unspecified atom stereocenters. The summed E-state index contributed by atoms with van der Waals surface area (Å²) in [5.41, 5.74) is 6.50. The van der Waals surface area contributed by atoms with Gasteiger partial charge in [0.05, 0.1) is 5.75 Å². The number of hydrogen-bond acceptors (Lipinski definition) is 7. The number of nitrogens with one attached hydrogen (secondary N) is 1. The maximum atomic E-state index is 12.2. The number of aromatic hydroxyl groups is 1. The molecular weight excluding hydrogens is 316 g/mol. The molecule has 2 aromatic rings. The molecular formula is C14H18N6O2S. The van der Waals surface area contributed by atoms with Crippen molar-refractivity contribution in [2.24, 2.45) is 0 Å². The largest absolute Gasteiger partial charge is 0.508 e. The Morgan fingerprint density at radius 3 is 2.57 bits per heavy atom. The maximum Gasteiger partial charge on any atom is 0.233 e. The Balaban J connectivity index is 1.48. The van der Waals surface area contributed by atoms with E-state index in [9.17, 15) is 9.90 Å². The summed E-state index contributed by atoms with van der Waals surface area (Å²) in [6.45, 7) is 2.90. The van der Waals surface area contributed by atoms with Crippen LogP contribution in [0.1, 0.15) is 0 Å². The van der Waals surface area contributed by atoms with Gasteiger partial charge in [0.2, 0.25) is 17.0 Å². The second-order valence-electron chi connectivity index (χ2n) is 5.18. The molecule has 0 bridgehead atoms. The second-order valence-corrected chi connectivity index (χ2v) is 6.12. The quantitative estimate of drug-likeness (QED) is 0.699. The van der Waals surface area contributed by atoms with Gasteiger partial charge >= 0.3 is 0 Å². The van der Waals surface area contributed by atoms with Gasteiger partial charge in [0, 0.05) is 31.9 Å². The number of amides is 1. The van der Waals surface area contributed by atoms with Gasteiger partial charge in [0.15, 0.2) is 0 Å². The fraction of sp³-hybridized carbons (Fsp3) is 0.357. The highest BCUT2D eigenvalue weighted by atomic mass is 32.2.